The fourth-order valence-electron chi connectivity index (χ4n) is 4.43. The van der Waals surface area contributed by atoms with Crippen LogP contribution in [0.3, 0.4) is 0 Å². The Bertz CT molecular complexity index is 1450. The number of benzene rings is 1. The molecule has 5 rings (SSSR count). The Hall–Kier alpha value is -3.06. The number of thiophene rings is 1. The molecule has 0 aliphatic carbocycles. The fraction of sp³-hybridized carbons (Fsp3) is 0.320. The smallest absolute Gasteiger partial charge is 0.253 e. The maximum absolute atomic E-state index is 14.2. The quantitative estimate of drug-likeness (QED) is 0.313. The van der Waals surface area contributed by atoms with Gasteiger partial charge in [0, 0.05) is 12.7 Å². The number of sulfonamides is 1. The van der Waals surface area contributed by atoms with Crippen molar-refractivity contribution in [1.29, 1.82) is 0 Å². The highest BCUT2D eigenvalue weighted by atomic mass is 32.2. The van der Waals surface area contributed by atoms with Crippen molar-refractivity contribution >= 4 is 54.0 Å². The number of hydrogen-bond donors (Lipinski definition) is 0. The van der Waals surface area contributed by atoms with Crippen LogP contribution in [0.15, 0.2) is 58.3 Å². The zero-order valence-corrected chi connectivity index (χ0v) is 22.8. The van der Waals surface area contributed by atoms with Gasteiger partial charge in [-0.15, -0.1) is 11.3 Å². The highest BCUT2D eigenvalue weighted by molar-refractivity contribution is 7.91. The number of methoxy groups -OCH3 is 2. The summed E-state index contributed by atoms with van der Waals surface area (Å²) in [6.45, 7) is 0.434. The summed E-state index contributed by atoms with van der Waals surface area (Å²) < 4.78 is 40.4. The van der Waals surface area contributed by atoms with Crippen molar-refractivity contribution in [2.45, 2.75) is 36.1 Å². The largest absolute Gasteiger partial charge is 0.495 e. The van der Waals surface area contributed by atoms with E-state index in [4.69, 9.17) is 14.5 Å². The monoisotopic (exact) mass is 558 g/mol. The summed E-state index contributed by atoms with van der Waals surface area (Å²) in [7, 11) is -0.678. The van der Waals surface area contributed by atoms with Gasteiger partial charge in [-0.1, -0.05) is 29.9 Å². The molecule has 0 spiro atoms. The van der Waals surface area contributed by atoms with Crippen molar-refractivity contribution in [3.05, 3.63) is 59.7 Å². The number of hydrogen-bond acceptors (Lipinski definition) is 9. The van der Waals surface area contributed by atoms with Gasteiger partial charge in [0.05, 0.1) is 26.5 Å². The number of amides is 1. The third-order valence-electron chi connectivity index (χ3n) is 6.24. The van der Waals surface area contributed by atoms with E-state index >= 15 is 0 Å². The van der Waals surface area contributed by atoms with E-state index < -0.39 is 16.1 Å². The first-order valence-electron chi connectivity index (χ1n) is 11.7. The maximum Gasteiger partial charge on any atom is 0.253 e. The number of rotatable bonds is 8. The summed E-state index contributed by atoms with van der Waals surface area (Å²) in [6.07, 6.45) is 3.55. The Labute approximate surface area is 223 Å². The van der Waals surface area contributed by atoms with Gasteiger partial charge in [0.1, 0.15) is 32.0 Å². The van der Waals surface area contributed by atoms with Crippen LogP contribution in [0.5, 0.6) is 11.5 Å². The van der Waals surface area contributed by atoms with Gasteiger partial charge in [0.15, 0.2) is 5.13 Å². The lowest BCUT2D eigenvalue weighted by molar-refractivity contribution is -0.123. The van der Waals surface area contributed by atoms with E-state index in [0.717, 1.165) is 22.5 Å². The fourth-order valence-corrected chi connectivity index (χ4v) is 8.28. The number of anilines is 1. The second kappa shape index (κ2) is 10.7. The number of carbonyl (C=O) groups is 1. The molecule has 37 heavy (non-hydrogen) atoms. The van der Waals surface area contributed by atoms with Crippen LogP contribution in [0.1, 0.15) is 25.0 Å². The summed E-state index contributed by atoms with van der Waals surface area (Å²) in [5.74, 6) is 0.843. The van der Waals surface area contributed by atoms with Gasteiger partial charge < -0.3 is 9.47 Å². The number of nitrogens with zero attached hydrogens (tertiary/aromatic N) is 4. The molecule has 12 heteroatoms. The van der Waals surface area contributed by atoms with Crippen LogP contribution < -0.4 is 14.4 Å². The van der Waals surface area contributed by atoms with Gasteiger partial charge in [0.2, 0.25) is 5.91 Å². The van der Waals surface area contributed by atoms with Crippen molar-refractivity contribution in [2.75, 3.05) is 25.7 Å². The lowest BCUT2D eigenvalue weighted by Crippen LogP contribution is -2.52. The Balaban J connectivity index is 1.59. The predicted molar refractivity (Wildman–Crippen MR) is 144 cm³/mol. The zero-order chi connectivity index (χ0) is 26.0. The minimum Gasteiger partial charge on any atom is -0.495 e. The van der Waals surface area contributed by atoms with Crippen LogP contribution >= 0.6 is 22.7 Å². The van der Waals surface area contributed by atoms with E-state index in [1.807, 2.05) is 12.1 Å². The van der Waals surface area contributed by atoms with Crippen LogP contribution in [0, 0.1) is 0 Å². The van der Waals surface area contributed by atoms with Gasteiger partial charge in [-0.05, 0) is 48.6 Å². The molecular formula is C25H26N4O5S3. The third-order valence-corrected chi connectivity index (χ3v) is 10.6. The highest BCUT2D eigenvalue weighted by Crippen LogP contribution is 2.41. The van der Waals surface area contributed by atoms with Gasteiger partial charge in [-0.25, -0.2) is 13.4 Å². The summed E-state index contributed by atoms with van der Waals surface area (Å²) in [5, 5.41) is 2.15. The maximum atomic E-state index is 14.2. The minimum atomic E-state index is -3.82. The first-order chi connectivity index (χ1) is 17.9. The first kappa shape index (κ1) is 25.6. The average Bonchev–Trinajstić information content (AvgIpc) is 3.63. The first-order valence-corrected chi connectivity index (χ1v) is 14.9. The van der Waals surface area contributed by atoms with E-state index in [-0.39, 0.29) is 23.2 Å². The molecule has 1 aliphatic rings. The number of ether oxygens (including phenoxy) is 2. The van der Waals surface area contributed by atoms with Gasteiger partial charge in [-0.3, -0.25) is 14.7 Å². The average molecular weight is 559 g/mol. The van der Waals surface area contributed by atoms with Crippen molar-refractivity contribution in [3.63, 3.8) is 0 Å². The van der Waals surface area contributed by atoms with Crippen LogP contribution in [-0.2, 0) is 21.4 Å². The second-order valence-corrected chi connectivity index (χ2v) is 12.5. The van der Waals surface area contributed by atoms with E-state index in [1.54, 1.807) is 61.0 Å². The summed E-state index contributed by atoms with van der Waals surface area (Å²) in [6, 6.07) is 11.5. The molecule has 194 valence electrons. The molecule has 1 aliphatic heterocycles. The molecule has 9 nitrogen and oxygen atoms in total. The van der Waals surface area contributed by atoms with Crippen LogP contribution in [0.4, 0.5) is 5.13 Å². The van der Waals surface area contributed by atoms with Crippen molar-refractivity contribution in [1.82, 2.24) is 14.3 Å². The van der Waals surface area contributed by atoms with E-state index in [9.17, 15) is 13.2 Å². The number of thiazole rings is 1. The van der Waals surface area contributed by atoms with Crippen LogP contribution in [0.25, 0.3) is 10.2 Å². The van der Waals surface area contributed by atoms with E-state index in [1.165, 1.54) is 15.6 Å². The minimum absolute atomic E-state index is 0.146. The topological polar surface area (TPSA) is 102 Å². The van der Waals surface area contributed by atoms with Crippen molar-refractivity contribution in [2.24, 2.45) is 0 Å². The molecule has 4 heterocycles. The lowest BCUT2D eigenvalue weighted by atomic mass is 10.0. The number of piperidine rings is 1. The number of fused-ring (bicyclic) bond motifs is 1. The Kier molecular flexibility index (Phi) is 7.43. The van der Waals surface area contributed by atoms with Gasteiger partial charge in [-0.2, -0.15) is 4.31 Å². The molecule has 1 saturated heterocycles. The van der Waals surface area contributed by atoms with Crippen molar-refractivity contribution < 1.29 is 22.7 Å². The SMILES string of the molecule is COc1ccc(OC)c2sc(N(Cc3ccccn3)C(=O)C3CCCCN3S(=O)(=O)c3cccs3)nc12. The molecule has 0 N–H and O–H groups in total. The lowest BCUT2D eigenvalue weighted by Gasteiger charge is -2.35. The molecule has 1 unspecified atom stereocenters. The van der Waals surface area contributed by atoms with E-state index in [2.05, 4.69) is 4.98 Å². The molecule has 4 aromatic rings. The molecule has 1 fully saturated rings. The Morgan fingerprint density at radius 1 is 1.11 bits per heavy atom. The molecule has 0 radical (unpaired) electrons. The summed E-state index contributed by atoms with van der Waals surface area (Å²) >= 11 is 2.45. The Morgan fingerprint density at radius 2 is 1.92 bits per heavy atom. The normalized spacial score (nSPS) is 16.5. The van der Waals surface area contributed by atoms with Crippen LogP contribution in [0.2, 0.25) is 0 Å². The summed E-state index contributed by atoms with van der Waals surface area (Å²) in [5.41, 5.74) is 1.24. The van der Waals surface area contributed by atoms with E-state index in [0.29, 0.717) is 40.7 Å². The Morgan fingerprint density at radius 3 is 2.62 bits per heavy atom. The molecule has 1 aromatic carbocycles. The number of carbonyl (C=O) groups excluding carboxylic acids is 1. The number of pyridine rings is 1. The molecule has 0 bridgehead atoms. The van der Waals surface area contributed by atoms with Gasteiger partial charge >= 0.3 is 0 Å². The standard InChI is InChI=1S/C25H26N4O5S3/c1-33-19-11-12-20(34-2)23-22(19)27-25(36-23)28(16-17-8-3-5-13-26-17)24(30)18-9-4-6-14-29(18)37(31,32)21-10-7-15-35-21/h3,5,7-8,10-13,15,18H,4,6,9,14,16H2,1-2H3. The highest BCUT2D eigenvalue weighted by Gasteiger charge is 2.41. The zero-order valence-electron chi connectivity index (χ0n) is 20.4. The summed E-state index contributed by atoms with van der Waals surface area (Å²) in [4.78, 5) is 24.9. The molecular weight excluding hydrogens is 532 g/mol. The number of aromatic nitrogens is 2. The molecule has 3 aromatic heterocycles. The third kappa shape index (κ3) is 4.93. The molecule has 0 saturated carbocycles. The van der Waals surface area contributed by atoms with Crippen molar-refractivity contribution in [3.8, 4) is 11.5 Å². The molecule has 1 atom stereocenters. The molecule has 1 amide bonds. The predicted octanol–water partition coefficient (Wildman–Crippen LogP) is 4.55. The van der Waals surface area contributed by atoms with Gasteiger partial charge in [0.25, 0.3) is 10.0 Å². The van der Waals surface area contributed by atoms with Crippen LogP contribution in [-0.4, -0.2) is 55.4 Å². The second-order valence-electron chi connectivity index (χ2n) is 8.45.